The third kappa shape index (κ3) is 2.20. The minimum absolute atomic E-state index is 0.0258. The average Bonchev–Trinajstić information content (AvgIpc) is 3.00. The highest BCUT2D eigenvalue weighted by Crippen LogP contribution is 2.49. The fourth-order valence-corrected chi connectivity index (χ4v) is 2.67. The van der Waals surface area contributed by atoms with Crippen LogP contribution in [-0.4, -0.2) is 17.0 Å². The summed E-state index contributed by atoms with van der Waals surface area (Å²) in [7, 11) is 0. The molecule has 0 radical (unpaired) electrons. The number of rotatable bonds is 4. The largest absolute Gasteiger partial charge is 0.477 e. The van der Waals surface area contributed by atoms with Crippen molar-refractivity contribution in [2.45, 2.75) is 33.1 Å². The van der Waals surface area contributed by atoms with E-state index >= 15 is 0 Å². The molecule has 0 saturated heterocycles. The molecule has 1 aromatic heterocycles. The number of aryl methyl sites for hydroxylation is 1. The molecule has 0 bridgehead atoms. The summed E-state index contributed by atoms with van der Waals surface area (Å²) < 4.78 is 0. The summed E-state index contributed by atoms with van der Waals surface area (Å²) in [5.41, 5.74) is 0.440. The Bertz CT molecular complexity index is 474. The molecule has 0 atom stereocenters. The molecule has 2 N–H and O–H groups in total. The van der Waals surface area contributed by atoms with E-state index in [1.165, 1.54) is 17.4 Å². The molecule has 5 heteroatoms. The van der Waals surface area contributed by atoms with Gasteiger partial charge in [-0.05, 0) is 32.3 Å². The molecule has 1 fully saturated rings. The van der Waals surface area contributed by atoms with E-state index < -0.39 is 5.97 Å². The molecule has 1 aliphatic rings. The number of hydrogen-bond donors (Lipinski definition) is 2. The Labute approximate surface area is 104 Å². The number of thiophene rings is 1. The van der Waals surface area contributed by atoms with Crippen LogP contribution in [-0.2, 0) is 4.79 Å². The summed E-state index contributed by atoms with van der Waals surface area (Å²) >= 11 is 1.19. The van der Waals surface area contributed by atoms with Crippen LogP contribution in [0.25, 0.3) is 0 Å². The maximum absolute atomic E-state index is 12.0. The second-order valence-corrected chi connectivity index (χ2v) is 5.73. The smallest absolute Gasteiger partial charge is 0.345 e. The fourth-order valence-electron chi connectivity index (χ4n) is 1.86. The second kappa shape index (κ2) is 4.14. The zero-order valence-corrected chi connectivity index (χ0v) is 10.7. The highest BCUT2D eigenvalue weighted by Gasteiger charge is 2.48. The molecule has 1 amide bonds. The number of amides is 1. The lowest BCUT2D eigenvalue weighted by Crippen LogP contribution is -2.23. The average molecular weight is 253 g/mol. The molecular formula is C12H15NO3S. The van der Waals surface area contributed by atoms with Gasteiger partial charge in [-0.25, -0.2) is 4.79 Å². The Morgan fingerprint density at radius 2 is 2.18 bits per heavy atom. The summed E-state index contributed by atoms with van der Waals surface area (Å²) in [5.74, 6) is -0.923. The SMILES string of the molecule is CCC1(C(=O)Nc2cc(C(=O)O)sc2C)CC1. The van der Waals surface area contributed by atoms with Gasteiger partial charge in [-0.3, -0.25) is 4.79 Å². The monoisotopic (exact) mass is 253 g/mol. The van der Waals surface area contributed by atoms with Crippen LogP contribution in [0.5, 0.6) is 0 Å². The van der Waals surface area contributed by atoms with Crippen LogP contribution in [0.15, 0.2) is 6.07 Å². The van der Waals surface area contributed by atoms with Gasteiger partial charge in [0.2, 0.25) is 5.91 Å². The van der Waals surface area contributed by atoms with Crippen molar-refractivity contribution in [3.8, 4) is 0 Å². The maximum Gasteiger partial charge on any atom is 0.345 e. The van der Waals surface area contributed by atoms with Crippen molar-refractivity contribution in [2.75, 3.05) is 5.32 Å². The first kappa shape index (κ1) is 12.1. The van der Waals surface area contributed by atoms with E-state index in [9.17, 15) is 9.59 Å². The fraction of sp³-hybridized carbons (Fsp3) is 0.500. The summed E-state index contributed by atoms with van der Waals surface area (Å²) in [5, 5.41) is 11.7. The van der Waals surface area contributed by atoms with Crippen LogP contribution < -0.4 is 5.32 Å². The van der Waals surface area contributed by atoms with E-state index in [2.05, 4.69) is 5.32 Å². The van der Waals surface area contributed by atoms with Crippen molar-refractivity contribution >= 4 is 28.9 Å². The third-order valence-corrected chi connectivity index (χ3v) is 4.43. The molecule has 0 aliphatic heterocycles. The molecular weight excluding hydrogens is 238 g/mol. The van der Waals surface area contributed by atoms with Gasteiger partial charge in [-0.2, -0.15) is 0 Å². The van der Waals surface area contributed by atoms with Crippen LogP contribution in [0, 0.1) is 12.3 Å². The number of aromatic carboxylic acids is 1. The first-order chi connectivity index (χ1) is 7.98. The normalized spacial score (nSPS) is 16.6. The van der Waals surface area contributed by atoms with Crippen LogP contribution in [0.1, 0.15) is 40.7 Å². The van der Waals surface area contributed by atoms with Crippen LogP contribution in [0.4, 0.5) is 5.69 Å². The Morgan fingerprint density at radius 1 is 1.53 bits per heavy atom. The number of nitrogens with one attached hydrogen (secondary N) is 1. The predicted molar refractivity (Wildman–Crippen MR) is 66.6 cm³/mol. The van der Waals surface area contributed by atoms with E-state index in [0.29, 0.717) is 5.69 Å². The Hall–Kier alpha value is -1.36. The molecule has 0 spiro atoms. The maximum atomic E-state index is 12.0. The van der Waals surface area contributed by atoms with Gasteiger partial charge in [-0.1, -0.05) is 6.92 Å². The van der Waals surface area contributed by atoms with Crippen molar-refractivity contribution in [3.63, 3.8) is 0 Å². The van der Waals surface area contributed by atoms with Crippen molar-refractivity contribution in [1.82, 2.24) is 0 Å². The van der Waals surface area contributed by atoms with Gasteiger partial charge in [0.1, 0.15) is 4.88 Å². The molecule has 4 nitrogen and oxygen atoms in total. The van der Waals surface area contributed by atoms with Gasteiger partial charge in [0.15, 0.2) is 0 Å². The molecule has 2 rings (SSSR count). The van der Waals surface area contributed by atoms with Gasteiger partial charge in [0.05, 0.1) is 5.69 Å². The summed E-state index contributed by atoms with van der Waals surface area (Å²) in [4.78, 5) is 23.9. The third-order valence-electron chi connectivity index (χ3n) is 3.39. The lowest BCUT2D eigenvalue weighted by Gasteiger charge is -2.12. The molecule has 1 saturated carbocycles. The van der Waals surface area contributed by atoms with Gasteiger partial charge in [0, 0.05) is 10.3 Å². The Morgan fingerprint density at radius 3 is 2.59 bits per heavy atom. The number of carbonyl (C=O) groups is 2. The lowest BCUT2D eigenvalue weighted by atomic mass is 10.0. The zero-order valence-electron chi connectivity index (χ0n) is 9.87. The molecule has 92 valence electrons. The number of anilines is 1. The standard InChI is InChI=1S/C12H15NO3S/c1-3-12(4-5-12)11(16)13-8-6-9(10(14)15)17-7(8)2/h6H,3-5H2,1-2H3,(H,13,16)(H,14,15). The van der Waals surface area contributed by atoms with Crippen molar-refractivity contribution in [2.24, 2.45) is 5.41 Å². The first-order valence-corrected chi connectivity index (χ1v) is 6.45. The topological polar surface area (TPSA) is 66.4 Å². The summed E-state index contributed by atoms with van der Waals surface area (Å²) in [6, 6.07) is 1.53. The lowest BCUT2D eigenvalue weighted by molar-refractivity contribution is -0.121. The molecule has 1 aliphatic carbocycles. The number of hydrogen-bond acceptors (Lipinski definition) is 3. The second-order valence-electron chi connectivity index (χ2n) is 4.47. The Balaban J connectivity index is 2.14. The van der Waals surface area contributed by atoms with Crippen LogP contribution >= 0.6 is 11.3 Å². The van der Waals surface area contributed by atoms with Crippen molar-refractivity contribution in [1.29, 1.82) is 0 Å². The van der Waals surface area contributed by atoms with E-state index in [4.69, 9.17) is 5.11 Å². The predicted octanol–water partition coefficient (Wildman–Crippen LogP) is 2.88. The highest BCUT2D eigenvalue weighted by atomic mass is 32.1. The van der Waals surface area contributed by atoms with E-state index in [1.54, 1.807) is 0 Å². The van der Waals surface area contributed by atoms with E-state index in [0.717, 1.165) is 24.1 Å². The minimum Gasteiger partial charge on any atom is -0.477 e. The van der Waals surface area contributed by atoms with Gasteiger partial charge in [0.25, 0.3) is 0 Å². The quantitative estimate of drug-likeness (QED) is 0.867. The Kier molecular flexibility index (Phi) is 2.95. The molecule has 0 aromatic carbocycles. The number of carboxylic acid groups (broad SMARTS) is 1. The zero-order chi connectivity index (χ0) is 12.6. The van der Waals surface area contributed by atoms with Crippen LogP contribution in [0.3, 0.4) is 0 Å². The summed E-state index contributed by atoms with van der Waals surface area (Å²) in [6.45, 7) is 3.83. The number of carboxylic acids is 1. The van der Waals surface area contributed by atoms with Gasteiger partial charge < -0.3 is 10.4 Å². The van der Waals surface area contributed by atoms with E-state index in [-0.39, 0.29) is 16.2 Å². The molecule has 0 unspecified atom stereocenters. The minimum atomic E-state index is -0.949. The molecule has 17 heavy (non-hydrogen) atoms. The van der Waals surface area contributed by atoms with Gasteiger partial charge in [-0.15, -0.1) is 11.3 Å². The van der Waals surface area contributed by atoms with Crippen molar-refractivity contribution < 1.29 is 14.7 Å². The molecule has 1 heterocycles. The molecule has 1 aromatic rings. The van der Waals surface area contributed by atoms with Gasteiger partial charge >= 0.3 is 5.97 Å². The number of carbonyl (C=O) groups excluding carboxylic acids is 1. The highest BCUT2D eigenvalue weighted by molar-refractivity contribution is 7.14. The van der Waals surface area contributed by atoms with E-state index in [1.807, 2.05) is 13.8 Å². The van der Waals surface area contributed by atoms with Crippen molar-refractivity contribution in [3.05, 3.63) is 15.8 Å². The summed E-state index contributed by atoms with van der Waals surface area (Å²) in [6.07, 6.45) is 2.71. The first-order valence-electron chi connectivity index (χ1n) is 5.64. The van der Waals surface area contributed by atoms with Crippen LogP contribution in [0.2, 0.25) is 0 Å².